The molecule has 1 saturated carbocycles. The quantitative estimate of drug-likeness (QED) is 0.778. The first-order valence-corrected chi connectivity index (χ1v) is 5.01. The van der Waals surface area contributed by atoms with Crippen molar-refractivity contribution in [2.24, 2.45) is 0 Å². The third kappa shape index (κ3) is 1.65. The summed E-state index contributed by atoms with van der Waals surface area (Å²) in [5, 5.41) is 8.91. The molecule has 14 heavy (non-hydrogen) atoms. The Morgan fingerprint density at radius 2 is 2.07 bits per heavy atom. The molecule has 1 aromatic rings. The zero-order chi connectivity index (χ0) is 10.1. The van der Waals surface area contributed by atoms with Crippen LogP contribution in [0.15, 0.2) is 18.2 Å². The first-order chi connectivity index (χ1) is 6.66. The molecule has 0 saturated heterocycles. The Labute approximate surface area is 83.6 Å². The molecular formula is C12H14O2. The third-order valence-corrected chi connectivity index (χ3v) is 2.92. The van der Waals surface area contributed by atoms with E-state index in [-0.39, 0.29) is 0 Å². The number of carboxylic acids is 1. The summed E-state index contributed by atoms with van der Waals surface area (Å²) in [5.41, 5.74) is 2.67. The van der Waals surface area contributed by atoms with Gasteiger partial charge in [0, 0.05) is 0 Å². The van der Waals surface area contributed by atoms with E-state index in [0.717, 1.165) is 5.56 Å². The summed E-state index contributed by atoms with van der Waals surface area (Å²) in [6.07, 6.45) is 3.70. The Hall–Kier alpha value is -1.31. The lowest BCUT2D eigenvalue weighted by atomic mass is 9.79. The van der Waals surface area contributed by atoms with E-state index in [1.54, 1.807) is 6.07 Å². The van der Waals surface area contributed by atoms with Crippen LogP contribution in [-0.4, -0.2) is 11.1 Å². The van der Waals surface area contributed by atoms with E-state index in [4.69, 9.17) is 5.11 Å². The van der Waals surface area contributed by atoms with Gasteiger partial charge in [-0.3, -0.25) is 0 Å². The van der Waals surface area contributed by atoms with Gasteiger partial charge in [0.2, 0.25) is 0 Å². The van der Waals surface area contributed by atoms with Gasteiger partial charge in [0.15, 0.2) is 0 Å². The number of carbonyl (C=O) groups is 1. The summed E-state index contributed by atoms with van der Waals surface area (Å²) in [4.78, 5) is 10.8. The summed E-state index contributed by atoms with van der Waals surface area (Å²) in [5.74, 6) is -0.220. The molecule has 1 aliphatic rings. The minimum absolute atomic E-state index is 0.423. The highest BCUT2D eigenvalue weighted by molar-refractivity contribution is 5.88. The lowest BCUT2D eigenvalue weighted by molar-refractivity contribution is 0.0696. The molecule has 2 nitrogen and oxygen atoms in total. The number of rotatable bonds is 2. The molecule has 1 N–H and O–H groups in total. The second-order valence-electron chi connectivity index (χ2n) is 4.07. The molecule has 0 amide bonds. The average Bonchev–Trinajstić information content (AvgIpc) is 1.99. The van der Waals surface area contributed by atoms with Crippen molar-refractivity contribution in [2.45, 2.75) is 32.1 Å². The SMILES string of the molecule is Cc1cc(C(=O)O)cc(C2CCC2)c1. The molecule has 2 rings (SSSR count). The van der Waals surface area contributed by atoms with Crippen LogP contribution < -0.4 is 0 Å². The van der Waals surface area contributed by atoms with Gasteiger partial charge < -0.3 is 5.11 Å². The number of aromatic carboxylic acids is 1. The zero-order valence-electron chi connectivity index (χ0n) is 8.29. The zero-order valence-corrected chi connectivity index (χ0v) is 8.29. The van der Waals surface area contributed by atoms with Crippen LogP contribution in [0.25, 0.3) is 0 Å². The molecular weight excluding hydrogens is 176 g/mol. The lowest BCUT2D eigenvalue weighted by Gasteiger charge is -2.26. The van der Waals surface area contributed by atoms with Gasteiger partial charge in [-0.05, 0) is 48.9 Å². The minimum Gasteiger partial charge on any atom is -0.478 e. The van der Waals surface area contributed by atoms with Crippen LogP contribution in [-0.2, 0) is 0 Å². The van der Waals surface area contributed by atoms with Crippen molar-refractivity contribution in [2.75, 3.05) is 0 Å². The highest BCUT2D eigenvalue weighted by Crippen LogP contribution is 2.36. The third-order valence-electron chi connectivity index (χ3n) is 2.92. The maximum absolute atomic E-state index is 10.8. The summed E-state index contributed by atoms with van der Waals surface area (Å²) in [6, 6.07) is 5.65. The molecule has 0 aromatic heterocycles. The first-order valence-electron chi connectivity index (χ1n) is 5.01. The molecule has 1 aromatic carbocycles. The summed E-state index contributed by atoms with van der Waals surface area (Å²) in [6.45, 7) is 1.95. The largest absolute Gasteiger partial charge is 0.478 e. The topological polar surface area (TPSA) is 37.3 Å². The maximum atomic E-state index is 10.8. The summed E-state index contributed by atoms with van der Waals surface area (Å²) in [7, 11) is 0. The van der Waals surface area contributed by atoms with Crippen molar-refractivity contribution >= 4 is 5.97 Å². The van der Waals surface area contributed by atoms with E-state index in [0.29, 0.717) is 11.5 Å². The normalized spacial score (nSPS) is 16.4. The van der Waals surface area contributed by atoms with Gasteiger partial charge in [0.25, 0.3) is 0 Å². The van der Waals surface area contributed by atoms with Crippen molar-refractivity contribution in [3.63, 3.8) is 0 Å². The smallest absolute Gasteiger partial charge is 0.335 e. The Bertz CT molecular complexity index is 365. The van der Waals surface area contributed by atoms with E-state index in [1.165, 1.54) is 24.8 Å². The van der Waals surface area contributed by atoms with Gasteiger partial charge in [-0.2, -0.15) is 0 Å². The molecule has 0 heterocycles. The van der Waals surface area contributed by atoms with E-state index in [9.17, 15) is 4.79 Å². The Balaban J connectivity index is 2.35. The lowest BCUT2D eigenvalue weighted by Crippen LogP contribution is -2.10. The van der Waals surface area contributed by atoms with Gasteiger partial charge in [0.05, 0.1) is 5.56 Å². The summed E-state index contributed by atoms with van der Waals surface area (Å²) < 4.78 is 0. The highest BCUT2D eigenvalue weighted by Gasteiger charge is 2.20. The molecule has 0 spiro atoms. The molecule has 1 aliphatic carbocycles. The first kappa shape index (κ1) is 9.25. The Kier molecular flexibility index (Phi) is 2.28. The van der Waals surface area contributed by atoms with Crippen LogP contribution in [0, 0.1) is 6.92 Å². The Morgan fingerprint density at radius 1 is 1.36 bits per heavy atom. The number of aryl methyl sites for hydroxylation is 1. The number of carboxylic acid groups (broad SMARTS) is 1. The van der Waals surface area contributed by atoms with Gasteiger partial charge >= 0.3 is 5.97 Å². The van der Waals surface area contributed by atoms with E-state index in [2.05, 4.69) is 6.07 Å². The van der Waals surface area contributed by atoms with Crippen LogP contribution in [0.4, 0.5) is 0 Å². The molecule has 0 bridgehead atoms. The van der Waals surface area contributed by atoms with Crippen LogP contribution >= 0.6 is 0 Å². The number of hydrogen-bond donors (Lipinski definition) is 1. The monoisotopic (exact) mass is 190 g/mol. The van der Waals surface area contributed by atoms with Gasteiger partial charge in [-0.15, -0.1) is 0 Å². The number of benzene rings is 1. The van der Waals surface area contributed by atoms with Crippen molar-refractivity contribution in [3.8, 4) is 0 Å². The van der Waals surface area contributed by atoms with Crippen molar-refractivity contribution in [1.82, 2.24) is 0 Å². The average molecular weight is 190 g/mol. The van der Waals surface area contributed by atoms with Crippen LogP contribution in [0.3, 0.4) is 0 Å². The molecule has 1 fully saturated rings. The van der Waals surface area contributed by atoms with Gasteiger partial charge in [-0.25, -0.2) is 4.79 Å². The minimum atomic E-state index is -0.825. The van der Waals surface area contributed by atoms with Gasteiger partial charge in [0.1, 0.15) is 0 Å². The Morgan fingerprint density at radius 3 is 2.57 bits per heavy atom. The van der Waals surface area contributed by atoms with Crippen molar-refractivity contribution < 1.29 is 9.90 Å². The fourth-order valence-corrected chi connectivity index (χ4v) is 1.91. The molecule has 0 aliphatic heterocycles. The molecule has 0 radical (unpaired) electrons. The molecule has 0 unspecified atom stereocenters. The standard InChI is InChI=1S/C12H14O2/c1-8-5-10(9-3-2-4-9)7-11(6-8)12(13)14/h5-7,9H,2-4H2,1H3,(H,13,14). The van der Waals surface area contributed by atoms with Crippen LogP contribution in [0.1, 0.15) is 46.7 Å². The predicted octanol–water partition coefficient (Wildman–Crippen LogP) is 2.96. The van der Waals surface area contributed by atoms with Gasteiger partial charge in [-0.1, -0.05) is 12.5 Å². The number of hydrogen-bond acceptors (Lipinski definition) is 1. The molecule has 2 heteroatoms. The highest BCUT2D eigenvalue weighted by atomic mass is 16.4. The predicted molar refractivity (Wildman–Crippen MR) is 54.7 cm³/mol. The van der Waals surface area contributed by atoms with Crippen LogP contribution in [0.5, 0.6) is 0 Å². The van der Waals surface area contributed by atoms with Crippen LogP contribution in [0.2, 0.25) is 0 Å². The van der Waals surface area contributed by atoms with E-state index < -0.39 is 5.97 Å². The second kappa shape index (κ2) is 3.45. The van der Waals surface area contributed by atoms with E-state index >= 15 is 0 Å². The van der Waals surface area contributed by atoms with Crippen molar-refractivity contribution in [3.05, 3.63) is 34.9 Å². The molecule has 0 atom stereocenters. The maximum Gasteiger partial charge on any atom is 0.335 e. The fraction of sp³-hybridized carbons (Fsp3) is 0.417. The fourth-order valence-electron chi connectivity index (χ4n) is 1.91. The van der Waals surface area contributed by atoms with Crippen molar-refractivity contribution in [1.29, 1.82) is 0 Å². The molecule has 74 valence electrons. The van der Waals surface area contributed by atoms with E-state index in [1.807, 2.05) is 13.0 Å². The second-order valence-corrected chi connectivity index (χ2v) is 4.07. The summed E-state index contributed by atoms with van der Waals surface area (Å²) >= 11 is 0.